The Morgan fingerprint density at radius 1 is 1.38 bits per heavy atom. The number of nitrogens with zero attached hydrogens (tertiary/aromatic N) is 1. The molecule has 0 spiro atoms. The minimum absolute atomic E-state index is 0.0144. The molecular formula is C15H11ClN2O3. The number of ketones is 1. The molecule has 1 atom stereocenters. The molecular weight excluding hydrogens is 292 g/mol. The number of pyridine rings is 1. The van der Waals surface area contributed by atoms with Gasteiger partial charge in [-0.3, -0.25) is 14.6 Å². The predicted octanol–water partition coefficient (Wildman–Crippen LogP) is 2.71. The second-order valence-electron chi connectivity index (χ2n) is 4.61. The maximum Gasteiger partial charge on any atom is 0.265 e. The molecule has 1 aliphatic heterocycles. The Balaban J connectivity index is 1.78. The summed E-state index contributed by atoms with van der Waals surface area (Å²) >= 11 is 5.85. The highest BCUT2D eigenvalue weighted by Gasteiger charge is 2.31. The lowest BCUT2D eigenvalue weighted by Gasteiger charge is -2.24. The number of nitrogens with one attached hydrogen (secondary N) is 1. The molecule has 0 unspecified atom stereocenters. The molecule has 1 aromatic heterocycles. The summed E-state index contributed by atoms with van der Waals surface area (Å²) in [7, 11) is 0. The Bertz CT molecular complexity index is 703. The number of benzene rings is 1. The Hall–Kier alpha value is -2.40. The monoisotopic (exact) mass is 302 g/mol. The van der Waals surface area contributed by atoms with Gasteiger partial charge in [0.25, 0.3) is 5.91 Å². The SMILES string of the molecule is O=C1C[C@@H](C(=O)Nc2cccnc2)Oc2ccc(Cl)cc21. The highest BCUT2D eigenvalue weighted by molar-refractivity contribution is 6.31. The summed E-state index contributed by atoms with van der Waals surface area (Å²) in [4.78, 5) is 28.1. The summed E-state index contributed by atoms with van der Waals surface area (Å²) < 4.78 is 5.58. The van der Waals surface area contributed by atoms with Gasteiger partial charge in [0.15, 0.2) is 11.9 Å². The molecule has 0 saturated heterocycles. The fraction of sp³-hybridized carbons (Fsp3) is 0.133. The van der Waals surface area contributed by atoms with E-state index in [0.717, 1.165) is 0 Å². The van der Waals surface area contributed by atoms with Crippen molar-refractivity contribution >= 4 is 29.0 Å². The first-order chi connectivity index (χ1) is 10.1. The number of fused-ring (bicyclic) bond motifs is 1. The first-order valence-electron chi connectivity index (χ1n) is 6.34. The van der Waals surface area contributed by atoms with Gasteiger partial charge in [-0.2, -0.15) is 0 Å². The topological polar surface area (TPSA) is 68.3 Å². The molecule has 0 aliphatic carbocycles. The van der Waals surface area contributed by atoms with Crippen molar-refractivity contribution in [2.24, 2.45) is 0 Å². The lowest BCUT2D eigenvalue weighted by molar-refractivity contribution is -0.122. The number of halogens is 1. The third kappa shape index (κ3) is 2.87. The van der Waals surface area contributed by atoms with Gasteiger partial charge in [-0.25, -0.2) is 0 Å². The second kappa shape index (κ2) is 5.54. The number of carbonyl (C=O) groups is 2. The summed E-state index contributed by atoms with van der Waals surface area (Å²) in [6, 6.07) is 8.19. The number of hydrogen-bond acceptors (Lipinski definition) is 4. The van der Waals surface area contributed by atoms with Crippen molar-refractivity contribution in [2.75, 3.05) is 5.32 Å². The van der Waals surface area contributed by atoms with Crippen molar-refractivity contribution in [3.63, 3.8) is 0 Å². The number of anilines is 1. The van der Waals surface area contributed by atoms with E-state index in [2.05, 4.69) is 10.3 Å². The Morgan fingerprint density at radius 3 is 3.00 bits per heavy atom. The molecule has 0 radical (unpaired) electrons. The maximum atomic E-state index is 12.1. The van der Waals surface area contributed by atoms with Crippen LogP contribution in [-0.4, -0.2) is 22.8 Å². The van der Waals surface area contributed by atoms with E-state index in [9.17, 15) is 9.59 Å². The summed E-state index contributed by atoms with van der Waals surface area (Å²) in [5, 5.41) is 3.13. The molecule has 0 fully saturated rings. The minimum Gasteiger partial charge on any atom is -0.479 e. The van der Waals surface area contributed by atoms with Crippen LogP contribution in [0.3, 0.4) is 0 Å². The third-order valence-electron chi connectivity index (χ3n) is 3.10. The Morgan fingerprint density at radius 2 is 2.24 bits per heavy atom. The van der Waals surface area contributed by atoms with E-state index < -0.39 is 6.10 Å². The molecule has 0 saturated carbocycles. The average molecular weight is 303 g/mol. The Kier molecular flexibility index (Phi) is 3.58. The molecule has 5 nitrogen and oxygen atoms in total. The van der Waals surface area contributed by atoms with Gasteiger partial charge in [-0.15, -0.1) is 0 Å². The Labute approximate surface area is 125 Å². The third-order valence-corrected chi connectivity index (χ3v) is 3.34. The van der Waals surface area contributed by atoms with Gasteiger partial charge in [0.2, 0.25) is 0 Å². The lowest BCUT2D eigenvalue weighted by atomic mass is 10.0. The molecule has 2 aromatic rings. The largest absolute Gasteiger partial charge is 0.479 e. The number of ether oxygens (including phenoxy) is 1. The molecule has 2 heterocycles. The van der Waals surface area contributed by atoms with Crippen LogP contribution in [0.2, 0.25) is 5.02 Å². The molecule has 21 heavy (non-hydrogen) atoms. The molecule has 1 amide bonds. The summed E-state index contributed by atoms with van der Waals surface area (Å²) in [6.45, 7) is 0. The molecule has 106 valence electrons. The van der Waals surface area contributed by atoms with Crippen LogP contribution in [0.15, 0.2) is 42.7 Å². The molecule has 1 aliphatic rings. The van der Waals surface area contributed by atoms with E-state index in [1.807, 2.05) is 0 Å². The molecule has 0 bridgehead atoms. The summed E-state index contributed by atoms with van der Waals surface area (Å²) in [5.41, 5.74) is 0.966. The van der Waals surface area contributed by atoms with Crippen LogP contribution in [0.1, 0.15) is 16.8 Å². The van der Waals surface area contributed by atoms with Crippen LogP contribution in [-0.2, 0) is 4.79 Å². The number of Topliss-reactive ketones (excluding diaryl/α,β-unsaturated/α-hetero) is 1. The quantitative estimate of drug-likeness (QED) is 0.926. The van der Waals surface area contributed by atoms with Gasteiger partial charge in [-0.05, 0) is 30.3 Å². The number of aromatic nitrogens is 1. The number of carbonyl (C=O) groups excluding carboxylic acids is 2. The van der Waals surface area contributed by atoms with E-state index >= 15 is 0 Å². The van der Waals surface area contributed by atoms with Gasteiger partial charge >= 0.3 is 0 Å². The van der Waals surface area contributed by atoms with E-state index in [1.54, 1.807) is 36.5 Å². The van der Waals surface area contributed by atoms with Crippen molar-refractivity contribution in [3.05, 3.63) is 53.3 Å². The standard InChI is InChI=1S/C15H11ClN2O3/c16-9-3-4-13-11(6-9)12(19)7-14(21-13)15(20)18-10-2-1-5-17-8-10/h1-6,8,14H,7H2,(H,18,20)/t14-/m0/s1. The molecule has 1 N–H and O–H groups in total. The number of hydrogen-bond donors (Lipinski definition) is 1. The highest BCUT2D eigenvalue weighted by atomic mass is 35.5. The summed E-state index contributed by atoms with van der Waals surface area (Å²) in [5.74, 6) is -0.163. The van der Waals surface area contributed by atoms with Crippen LogP contribution in [0.25, 0.3) is 0 Å². The first-order valence-corrected chi connectivity index (χ1v) is 6.71. The smallest absolute Gasteiger partial charge is 0.265 e. The van der Waals surface area contributed by atoms with Gasteiger partial charge in [-0.1, -0.05) is 11.6 Å². The van der Waals surface area contributed by atoms with E-state index in [-0.39, 0.29) is 18.1 Å². The second-order valence-corrected chi connectivity index (χ2v) is 5.04. The average Bonchev–Trinajstić information content (AvgIpc) is 2.49. The predicted molar refractivity (Wildman–Crippen MR) is 77.7 cm³/mol. The van der Waals surface area contributed by atoms with Crippen molar-refractivity contribution < 1.29 is 14.3 Å². The normalized spacial score (nSPS) is 16.8. The minimum atomic E-state index is -0.855. The van der Waals surface area contributed by atoms with Crippen molar-refractivity contribution in [1.82, 2.24) is 4.98 Å². The fourth-order valence-corrected chi connectivity index (χ4v) is 2.27. The summed E-state index contributed by atoms with van der Waals surface area (Å²) in [6.07, 6.45) is 2.26. The zero-order valence-electron chi connectivity index (χ0n) is 10.9. The zero-order chi connectivity index (χ0) is 14.8. The van der Waals surface area contributed by atoms with Gasteiger partial charge in [0.1, 0.15) is 5.75 Å². The van der Waals surface area contributed by atoms with E-state index in [4.69, 9.17) is 16.3 Å². The van der Waals surface area contributed by atoms with Gasteiger partial charge < -0.3 is 10.1 Å². The zero-order valence-corrected chi connectivity index (χ0v) is 11.6. The molecule has 6 heteroatoms. The fourth-order valence-electron chi connectivity index (χ4n) is 2.10. The van der Waals surface area contributed by atoms with Crippen LogP contribution in [0, 0.1) is 0 Å². The lowest BCUT2D eigenvalue weighted by Crippen LogP contribution is -2.38. The molecule has 1 aromatic carbocycles. The van der Waals surface area contributed by atoms with Gasteiger partial charge in [0.05, 0.1) is 23.9 Å². The van der Waals surface area contributed by atoms with E-state index in [1.165, 1.54) is 6.20 Å². The number of amides is 1. The van der Waals surface area contributed by atoms with Crippen molar-refractivity contribution in [2.45, 2.75) is 12.5 Å². The van der Waals surface area contributed by atoms with Gasteiger partial charge in [0, 0.05) is 11.2 Å². The van der Waals surface area contributed by atoms with Crippen LogP contribution in [0.5, 0.6) is 5.75 Å². The van der Waals surface area contributed by atoms with Crippen LogP contribution >= 0.6 is 11.6 Å². The van der Waals surface area contributed by atoms with Crippen LogP contribution < -0.4 is 10.1 Å². The van der Waals surface area contributed by atoms with Crippen LogP contribution in [0.4, 0.5) is 5.69 Å². The maximum absolute atomic E-state index is 12.1. The molecule has 3 rings (SSSR count). The van der Waals surface area contributed by atoms with Crippen molar-refractivity contribution in [3.8, 4) is 5.75 Å². The van der Waals surface area contributed by atoms with Crippen molar-refractivity contribution in [1.29, 1.82) is 0 Å². The number of rotatable bonds is 2. The first kappa shape index (κ1) is 13.6. The van der Waals surface area contributed by atoms with E-state index in [0.29, 0.717) is 22.0 Å². The highest BCUT2D eigenvalue weighted by Crippen LogP contribution is 2.30.